The summed E-state index contributed by atoms with van der Waals surface area (Å²) in [6.45, 7) is 4.49. The largest absolute Gasteiger partial charge is 0.496 e. The highest BCUT2D eigenvalue weighted by Gasteiger charge is 2.39. The topological polar surface area (TPSA) is 50.8 Å². The highest BCUT2D eigenvalue weighted by atomic mass is 16.5. The van der Waals surface area contributed by atoms with Crippen molar-refractivity contribution in [2.24, 2.45) is 0 Å². The number of amides is 1. The third kappa shape index (κ3) is 3.73. The fourth-order valence-corrected chi connectivity index (χ4v) is 3.90. The Balaban J connectivity index is 1.70. The van der Waals surface area contributed by atoms with Crippen LogP contribution in [0.5, 0.6) is 5.75 Å². The minimum atomic E-state index is -0.0599. The average molecular weight is 332 g/mol. The molecule has 1 N–H and O–H groups in total. The molecule has 0 aliphatic carbocycles. The number of hydrogen-bond donors (Lipinski definition) is 1. The molecule has 0 aromatic heterocycles. The van der Waals surface area contributed by atoms with Gasteiger partial charge in [-0.2, -0.15) is 0 Å². The summed E-state index contributed by atoms with van der Waals surface area (Å²) in [7, 11) is 1.60. The predicted octanol–water partition coefficient (Wildman–Crippen LogP) is 2.46. The van der Waals surface area contributed by atoms with Crippen molar-refractivity contribution < 1.29 is 14.3 Å². The lowest BCUT2D eigenvalue weighted by Crippen LogP contribution is -2.59. The molecular formula is C19H28N2O3. The van der Waals surface area contributed by atoms with Crippen molar-refractivity contribution in [3.05, 3.63) is 29.8 Å². The van der Waals surface area contributed by atoms with Gasteiger partial charge in [0.25, 0.3) is 5.91 Å². The highest BCUT2D eigenvalue weighted by Crippen LogP contribution is 2.30. The standard InChI is InChI=1S/C19H28N2O3/c1-23-17-8-4-3-7-16(17)18(22)20-15-19(9-13-24-14-10-19)21-11-5-2-6-12-21/h3-4,7-8H,2,5-6,9-15H2,1H3,(H,20,22). The Morgan fingerprint density at radius 3 is 2.62 bits per heavy atom. The minimum Gasteiger partial charge on any atom is -0.496 e. The molecule has 0 atom stereocenters. The van der Waals surface area contributed by atoms with E-state index in [2.05, 4.69) is 10.2 Å². The molecule has 3 rings (SSSR count). The van der Waals surface area contributed by atoms with Crippen molar-refractivity contribution in [1.29, 1.82) is 0 Å². The fourth-order valence-electron chi connectivity index (χ4n) is 3.90. The Bertz CT molecular complexity index is 549. The van der Waals surface area contributed by atoms with E-state index in [0.29, 0.717) is 17.9 Å². The first-order valence-corrected chi connectivity index (χ1v) is 8.99. The number of methoxy groups -OCH3 is 1. The fraction of sp³-hybridized carbons (Fsp3) is 0.632. The van der Waals surface area contributed by atoms with E-state index >= 15 is 0 Å². The first kappa shape index (κ1) is 17.2. The highest BCUT2D eigenvalue weighted by molar-refractivity contribution is 5.96. The van der Waals surface area contributed by atoms with Gasteiger partial charge in [-0.05, 0) is 50.9 Å². The molecule has 2 aliphatic heterocycles. The third-order valence-corrected chi connectivity index (χ3v) is 5.38. The summed E-state index contributed by atoms with van der Waals surface area (Å²) in [5.41, 5.74) is 0.636. The number of hydrogen-bond acceptors (Lipinski definition) is 4. The summed E-state index contributed by atoms with van der Waals surface area (Å²) in [6, 6.07) is 7.38. The maximum absolute atomic E-state index is 12.7. The maximum atomic E-state index is 12.7. The number of likely N-dealkylation sites (tertiary alicyclic amines) is 1. The number of para-hydroxylation sites is 1. The molecule has 5 heteroatoms. The molecule has 0 radical (unpaired) electrons. The number of carbonyl (C=O) groups excluding carboxylic acids is 1. The molecule has 0 saturated carbocycles. The predicted molar refractivity (Wildman–Crippen MR) is 93.5 cm³/mol. The molecule has 2 heterocycles. The van der Waals surface area contributed by atoms with Crippen LogP contribution < -0.4 is 10.1 Å². The van der Waals surface area contributed by atoms with Gasteiger partial charge < -0.3 is 14.8 Å². The Labute approximate surface area is 144 Å². The van der Waals surface area contributed by atoms with Crippen molar-refractivity contribution >= 4 is 5.91 Å². The third-order valence-electron chi connectivity index (χ3n) is 5.38. The van der Waals surface area contributed by atoms with Gasteiger partial charge in [0.05, 0.1) is 12.7 Å². The SMILES string of the molecule is COc1ccccc1C(=O)NCC1(N2CCCCC2)CCOCC1. The first-order valence-electron chi connectivity index (χ1n) is 8.99. The molecule has 1 amide bonds. The minimum absolute atomic E-state index is 0.0380. The Morgan fingerprint density at radius 1 is 1.21 bits per heavy atom. The summed E-state index contributed by atoms with van der Waals surface area (Å²) < 4.78 is 10.9. The zero-order valence-electron chi connectivity index (χ0n) is 14.6. The second kappa shape index (κ2) is 7.99. The molecule has 0 spiro atoms. The van der Waals surface area contributed by atoms with E-state index < -0.39 is 0 Å². The lowest BCUT2D eigenvalue weighted by atomic mass is 9.86. The van der Waals surface area contributed by atoms with E-state index in [1.165, 1.54) is 19.3 Å². The zero-order chi connectivity index (χ0) is 16.8. The van der Waals surface area contributed by atoms with Gasteiger partial charge >= 0.3 is 0 Å². The van der Waals surface area contributed by atoms with E-state index in [1.54, 1.807) is 7.11 Å². The second-order valence-corrected chi connectivity index (χ2v) is 6.77. The molecule has 0 unspecified atom stereocenters. The quantitative estimate of drug-likeness (QED) is 0.900. The summed E-state index contributed by atoms with van der Waals surface area (Å²) in [6.07, 6.45) is 5.79. The van der Waals surface area contributed by atoms with E-state index in [0.717, 1.165) is 39.1 Å². The van der Waals surface area contributed by atoms with Gasteiger partial charge in [-0.1, -0.05) is 18.6 Å². The second-order valence-electron chi connectivity index (χ2n) is 6.77. The van der Waals surface area contributed by atoms with Crippen LogP contribution in [-0.4, -0.2) is 56.3 Å². The van der Waals surface area contributed by atoms with Crippen molar-refractivity contribution in [2.75, 3.05) is 40.0 Å². The number of nitrogens with one attached hydrogen (secondary N) is 1. The molecule has 132 valence electrons. The van der Waals surface area contributed by atoms with Crippen LogP contribution in [0.1, 0.15) is 42.5 Å². The maximum Gasteiger partial charge on any atom is 0.255 e. The van der Waals surface area contributed by atoms with Crippen LogP contribution in [0.4, 0.5) is 0 Å². The molecule has 5 nitrogen and oxygen atoms in total. The lowest BCUT2D eigenvalue weighted by Gasteiger charge is -2.48. The number of piperidine rings is 1. The van der Waals surface area contributed by atoms with Gasteiger partial charge in [0.15, 0.2) is 0 Å². The van der Waals surface area contributed by atoms with Gasteiger partial charge in [-0.25, -0.2) is 0 Å². The van der Waals surface area contributed by atoms with Crippen molar-refractivity contribution in [3.8, 4) is 5.75 Å². The monoisotopic (exact) mass is 332 g/mol. The van der Waals surface area contributed by atoms with Gasteiger partial charge in [-0.3, -0.25) is 9.69 Å². The molecule has 24 heavy (non-hydrogen) atoms. The van der Waals surface area contributed by atoms with Crippen LogP contribution in [0.3, 0.4) is 0 Å². The number of rotatable bonds is 5. The number of ether oxygens (including phenoxy) is 2. The average Bonchev–Trinajstić information content (AvgIpc) is 2.67. The number of benzene rings is 1. The Morgan fingerprint density at radius 2 is 1.92 bits per heavy atom. The van der Waals surface area contributed by atoms with Gasteiger partial charge in [0.1, 0.15) is 5.75 Å². The molecule has 2 saturated heterocycles. The van der Waals surface area contributed by atoms with Crippen molar-refractivity contribution in [1.82, 2.24) is 10.2 Å². The molecular weight excluding hydrogens is 304 g/mol. The lowest BCUT2D eigenvalue weighted by molar-refractivity contribution is -0.0349. The normalized spacial score (nSPS) is 21.2. The smallest absolute Gasteiger partial charge is 0.255 e. The Kier molecular flexibility index (Phi) is 5.74. The summed E-state index contributed by atoms with van der Waals surface area (Å²) in [5.74, 6) is 0.560. The summed E-state index contributed by atoms with van der Waals surface area (Å²) in [4.78, 5) is 15.2. The summed E-state index contributed by atoms with van der Waals surface area (Å²) >= 11 is 0. The number of nitrogens with zero attached hydrogens (tertiary/aromatic N) is 1. The van der Waals surface area contributed by atoms with Gasteiger partial charge in [0.2, 0.25) is 0 Å². The van der Waals surface area contributed by atoms with Crippen LogP contribution in [0.15, 0.2) is 24.3 Å². The molecule has 0 bridgehead atoms. The van der Waals surface area contributed by atoms with Gasteiger partial charge in [-0.15, -0.1) is 0 Å². The van der Waals surface area contributed by atoms with Crippen LogP contribution in [0.2, 0.25) is 0 Å². The van der Waals surface area contributed by atoms with Crippen LogP contribution >= 0.6 is 0 Å². The van der Waals surface area contributed by atoms with E-state index in [4.69, 9.17) is 9.47 Å². The van der Waals surface area contributed by atoms with Crippen LogP contribution in [-0.2, 0) is 4.74 Å². The molecule has 2 aliphatic rings. The summed E-state index contributed by atoms with van der Waals surface area (Å²) in [5, 5.41) is 3.17. The van der Waals surface area contributed by atoms with E-state index in [1.807, 2.05) is 24.3 Å². The van der Waals surface area contributed by atoms with E-state index in [-0.39, 0.29) is 11.4 Å². The zero-order valence-corrected chi connectivity index (χ0v) is 14.6. The molecule has 1 aromatic rings. The number of carbonyl (C=O) groups is 1. The molecule has 1 aromatic carbocycles. The van der Waals surface area contributed by atoms with Crippen LogP contribution in [0, 0.1) is 0 Å². The van der Waals surface area contributed by atoms with Crippen molar-refractivity contribution in [2.45, 2.75) is 37.6 Å². The van der Waals surface area contributed by atoms with Crippen molar-refractivity contribution in [3.63, 3.8) is 0 Å². The van der Waals surface area contributed by atoms with Crippen LogP contribution in [0.25, 0.3) is 0 Å². The Hall–Kier alpha value is -1.59. The van der Waals surface area contributed by atoms with E-state index in [9.17, 15) is 4.79 Å². The first-order chi connectivity index (χ1) is 11.7. The molecule has 2 fully saturated rings. The van der Waals surface area contributed by atoms with Gasteiger partial charge in [0, 0.05) is 25.3 Å².